The summed E-state index contributed by atoms with van der Waals surface area (Å²) in [5.41, 5.74) is 9.02. The number of nitriles is 1. The number of nitrogens with zero attached hydrogens (tertiary/aromatic N) is 1. The van der Waals surface area contributed by atoms with Gasteiger partial charge in [-0.15, -0.1) is 0 Å². The van der Waals surface area contributed by atoms with Gasteiger partial charge in [-0.05, 0) is 29.8 Å². The molecule has 0 atom stereocenters. The second-order valence-electron chi connectivity index (χ2n) is 3.68. The molecule has 0 bridgehead atoms. The minimum atomic E-state index is 0.537. The van der Waals surface area contributed by atoms with Crippen LogP contribution in [0, 0.1) is 11.3 Å². The van der Waals surface area contributed by atoms with E-state index in [0.717, 1.165) is 16.9 Å². The van der Waals surface area contributed by atoms with E-state index in [4.69, 9.17) is 11.0 Å². The molecule has 0 amide bonds. The van der Waals surface area contributed by atoms with E-state index in [2.05, 4.69) is 11.4 Å². The molecule has 3 nitrogen and oxygen atoms in total. The van der Waals surface area contributed by atoms with Gasteiger partial charge in [-0.1, -0.05) is 24.3 Å². The topological polar surface area (TPSA) is 61.8 Å². The van der Waals surface area contributed by atoms with E-state index in [1.165, 1.54) is 0 Å². The first-order valence-corrected chi connectivity index (χ1v) is 5.38. The number of hydrogen-bond donors (Lipinski definition) is 2. The molecule has 0 spiro atoms. The van der Waals surface area contributed by atoms with Gasteiger partial charge in [-0.25, -0.2) is 0 Å². The second kappa shape index (κ2) is 5.15. The zero-order chi connectivity index (χ0) is 12.1. The van der Waals surface area contributed by atoms with Gasteiger partial charge < -0.3 is 11.1 Å². The number of benzene rings is 2. The lowest BCUT2D eigenvalue weighted by Gasteiger charge is -2.08. The van der Waals surface area contributed by atoms with Crippen LogP contribution in [0.25, 0.3) is 0 Å². The predicted octanol–water partition coefficient (Wildman–Crippen LogP) is 2.76. The first-order valence-electron chi connectivity index (χ1n) is 5.38. The maximum atomic E-state index is 8.97. The lowest BCUT2D eigenvalue weighted by Crippen LogP contribution is -1.97. The molecule has 0 saturated heterocycles. The van der Waals surface area contributed by atoms with E-state index in [-0.39, 0.29) is 0 Å². The van der Waals surface area contributed by atoms with Crippen molar-refractivity contribution in [2.75, 3.05) is 5.32 Å². The third kappa shape index (κ3) is 2.63. The van der Waals surface area contributed by atoms with E-state index in [1.54, 1.807) is 6.07 Å². The Bertz CT molecular complexity index is 538. The number of anilines is 2. The van der Waals surface area contributed by atoms with Crippen molar-refractivity contribution in [2.45, 2.75) is 6.54 Å². The monoisotopic (exact) mass is 223 g/mol. The summed E-state index contributed by atoms with van der Waals surface area (Å²) in [4.78, 5) is 0. The van der Waals surface area contributed by atoms with Crippen LogP contribution in [0.4, 0.5) is 11.4 Å². The largest absolute Gasteiger partial charge is 0.354 e. The van der Waals surface area contributed by atoms with Gasteiger partial charge in [0.25, 0.3) is 0 Å². The first kappa shape index (κ1) is 11.2. The van der Waals surface area contributed by atoms with Crippen molar-refractivity contribution >= 4 is 11.4 Å². The summed E-state index contributed by atoms with van der Waals surface area (Å²) in [6.07, 6.45) is 0. The van der Waals surface area contributed by atoms with Gasteiger partial charge >= 0.3 is 0 Å². The number of para-hydroxylation sites is 1. The number of rotatable bonds is 3. The van der Waals surface area contributed by atoms with Crippen LogP contribution in [0.5, 0.6) is 0 Å². The molecule has 17 heavy (non-hydrogen) atoms. The molecule has 2 aromatic rings. The highest BCUT2D eigenvalue weighted by Crippen LogP contribution is 2.20. The molecule has 2 aromatic carbocycles. The third-order valence-electron chi connectivity index (χ3n) is 2.52. The zero-order valence-corrected chi connectivity index (χ0v) is 9.35. The highest BCUT2D eigenvalue weighted by molar-refractivity contribution is 5.66. The summed E-state index contributed by atoms with van der Waals surface area (Å²) in [5.74, 6) is 0. The Kier molecular flexibility index (Phi) is 3.39. The van der Waals surface area contributed by atoms with Gasteiger partial charge in [-0.2, -0.15) is 5.26 Å². The molecule has 0 aliphatic carbocycles. The Morgan fingerprint density at radius 1 is 1.06 bits per heavy atom. The van der Waals surface area contributed by atoms with E-state index < -0.39 is 0 Å². The molecule has 0 unspecified atom stereocenters. The van der Waals surface area contributed by atoms with Gasteiger partial charge in [0.15, 0.2) is 0 Å². The van der Waals surface area contributed by atoms with Crippen LogP contribution in [-0.2, 0) is 6.54 Å². The van der Waals surface area contributed by atoms with Gasteiger partial charge in [-0.3, -0.25) is 0 Å². The minimum absolute atomic E-state index is 0.537. The maximum absolute atomic E-state index is 8.97. The summed E-state index contributed by atoms with van der Waals surface area (Å²) in [6, 6.07) is 17.4. The maximum Gasteiger partial charge on any atom is 0.101 e. The second-order valence-corrected chi connectivity index (χ2v) is 3.68. The Labute approximate surface area is 101 Å². The predicted molar refractivity (Wildman–Crippen MR) is 68.8 cm³/mol. The van der Waals surface area contributed by atoms with E-state index >= 15 is 0 Å². The molecular formula is C14H13N3. The molecule has 0 aliphatic rings. The lowest BCUT2D eigenvalue weighted by molar-refractivity contribution is 1.07. The molecule has 0 aromatic heterocycles. The fraction of sp³-hybridized carbons (Fsp3) is 0.0714. The molecule has 3 N–H and O–H groups in total. The third-order valence-corrected chi connectivity index (χ3v) is 2.52. The normalized spacial score (nSPS) is 9.65. The lowest BCUT2D eigenvalue weighted by atomic mass is 10.1. The standard InChI is InChI=1S/C14H13N3/c15-9-11-5-7-13(8-6-11)17-14-4-2-1-3-12(14)10-16/h1-8,17H,9,15H2. The summed E-state index contributed by atoms with van der Waals surface area (Å²) >= 11 is 0. The van der Waals surface area contributed by atoms with E-state index in [9.17, 15) is 0 Å². The van der Waals surface area contributed by atoms with Crippen LogP contribution in [0.2, 0.25) is 0 Å². The van der Waals surface area contributed by atoms with Crippen molar-refractivity contribution < 1.29 is 0 Å². The molecule has 2 rings (SSSR count). The summed E-state index contributed by atoms with van der Waals surface area (Å²) in [7, 11) is 0. The van der Waals surface area contributed by atoms with Crippen LogP contribution in [0.3, 0.4) is 0 Å². The average Bonchev–Trinajstić information content (AvgIpc) is 2.40. The summed E-state index contributed by atoms with van der Waals surface area (Å²) in [5, 5.41) is 12.2. The van der Waals surface area contributed by atoms with Crippen LogP contribution < -0.4 is 11.1 Å². The summed E-state index contributed by atoms with van der Waals surface area (Å²) < 4.78 is 0. The van der Waals surface area contributed by atoms with Crippen LogP contribution in [0.1, 0.15) is 11.1 Å². The molecule has 0 aliphatic heterocycles. The molecule has 0 saturated carbocycles. The van der Waals surface area contributed by atoms with Gasteiger partial charge in [0.05, 0.1) is 11.3 Å². The Hall–Kier alpha value is -2.31. The van der Waals surface area contributed by atoms with Crippen molar-refractivity contribution in [3.63, 3.8) is 0 Å². The van der Waals surface area contributed by atoms with Crippen molar-refractivity contribution in [3.05, 3.63) is 59.7 Å². The van der Waals surface area contributed by atoms with Crippen LogP contribution in [-0.4, -0.2) is 0 Å². The fourth-order valence-corrected chi connectivity index (χ4v) is 1.57. The van der Waals surface area contributed by atoms with Crippen LogP contribution in [0.15, 0.2) is 48.5 Å². The summed E-state index contributed by atoms with van der Waals surface area (Å²) in [6.45, 7) is 0.537. The first-order chi connectivity index (χ1) is 8.33. The fourth-order valence-electron chi connectivity index (χ4n) is 1.57. The Morgan fingerprint density at radius 2 is 1.76 bits per heavy atom. The van der Waals surface area contributed by atoms with E-state index in [1.807, 2.05) is 42.5 Å². The SMILES string of the molecule is N#Cc1ccccc1Nc1ccc(CN)cc1. The molecule has 84 valence electrons. The number of hydrogen-bond acceptors (Lipinski definition) is 3. The minimum Gasteiger partial charge on any atom is -0.354 e. The number of nitrogens with two attached hydrogens (primary N) is 1. The van der Waals surface area contributed by atoms with Gasteiger partial charge in [0.1, 0.15) is 6.07 Å². The highest BCUT2D eigenvalue weighted by atomic mass is 14.9. The zero-order valence-electron chi connectivity index (χ0n) is 9.35. The van der Waals surface area contributed by atoms with Gasteiger partial charge in [0.2, 0.25) is 0 Å². The Morgan fingerprint density at radius 3 is 2.41 bits per heavy atom. The molecular weight excluding hydrogens is 210 g/mol. The quantitative estimate of drug-likeness (QED) is 0.841. The smallest absolute Gasteiger partial charge is 0.101 e. The Balaban J connectivity index is 2.23. The van der Waals surface area contributed by atoms with Crippen molar-refractivity contribution in [1.29, 1.82) is 5.26 Å². The molecule has 3 heteroatoms. The average molecular weight is 223 g/mol. The van der Waals surface area contributed by atoms with Crippen molar-refractivity contribution in [1.82, 2.24) is 0 Å². The van der Waals surface area contributed by atoms with E-state index in [0.29, 0.717) is 12.1 Å². The van der Waals surface area contributed by atoms with Crippen molar-refractivity contribution in [2.24, 2.45) is 5.73 Å². The molecule has 0 fully saturated rings. The molecule has 0 heterocycles. The van der Waals surface area contributed by atoms with Gasteiger partial charge in [0, 0.05) is 12.2 Å². The number of nitrogens with one attached hydrogen (secondary N) is 1. The highest BCUT2D eigenvalue weighted by Gasteiger charge is 2.00. The molecule has 0 radical (unpaired) electrons. The van der Waals surface area contributed by atoms with Crippen molar-refractivity contribution in [3.8, 4) is 6.07 Å². The van der Waals surface area contributed by atoms with Crippen LogP contribution >= 0.6 is 0 Å².